The van der Waals surface area contributed by atoms with Gasteiger partial charge in [0.25, 0.3) is 5.91 Å². The summed E-state index contributed by atoms with van der Waals surface area (Å²) in [7, 11) is 1.56. The quantitative estimate of drug-likeness (QED) is 0.362. The Bertz CT molecular complexity index is 1080. The van der Waals surface area contributed by atoms with Crippen LogP contribution in [0, 0.1) is 0 Å². The van der Waals surface area contributed by atoms with Crippen LogP contribution in [0.3, 0.4) is 0 Å². The van der Waals surface area contributed by atoms with E-state index in [4.69, 9.17) is 18.9 Å². The van der Waals surface area contributed by atoms with Crippen molar-refractivity contribution in [3.8, 4) is 17.2 Å². The fraction of sp³-hybridized carbons (Fsp3) is 0.320. The van der Waals surface area contributed by atoms with Gasteiger partial charge in [0.15, 0.2) is 16.7 Å². The Hall–Kier alpha value is -3.46. The number of thioether (sulfide) groups is 1. The van der Waals surface area contributed by atoms with Crippen molar-refractivity contribution in [2.24, 2.45) is 4.99 Å². The van der Waals surface area contributed by atoms with Crippen LogP contribution in [-0.4, -0.2) is 49.7 Å². The third kappa shape index (κ3) is 6.11. The van der Waals surface area contributed by atoms with Gasteiger partial charge in [-0.05, 0) is 68.8 Å². The maximum atomic E-state index is 13.4. The summed E-state index contributed by atoms with van der Waals surface area (Å²) in [5.74, 6) is 1.25. The van der Waals surface area contributed by atoms with Crippen LogP contribution >= 0.6 is 11.8 Å². The summed E-state index contributed by atoms with van der Waals surface area (Å²) >= 11 is 1.15. The van der Waals surface area contributed by atoms with E-state index in [2.05, 4.69) is 4.99 Å². The van der Waals surface area contributed by atoms with Gasteiger partial charge in [0.2, 0.25) is 0 Å². The molecule has 180 valence electrons. The molecular weight excluding hydrogens is 456 g/mol. The van der Waals surface area contributed by atoms with Crippen molar-refractivity contribution < 1.29 is 28.5 Å². The molecule has 1 aliphatic heterocycles. The second kappa shape index (κ2) is 12.1. The molecule has 0 N–H and O–H groups in total. The minimum Gasteiger partial charge on any atom is -0.494 e. The predicted molar refractivity (Wildman–Crippen MR) is 134 cm³/mol. The van der Waals surface area contributed by atoms with E-state index in [1.54, 1.807) is 56.5 Å². The molecule has 0 saturated carbocycles. The molecule has 1 aliphatic rings. The van der Waals surface area contributed by atoms with Crippen LogP contribution in [0.25, 0.3) is 6.08 Å². The Labute approximate surface area is 203 Å². The maximum absolute atomic E-state index is 13.4. The molecule has 0 aromatic heterocycles. The zero-order chi connectivity index (χ0) is 24.5. The smallest absolute Gasteiger partial charge is 0.316 e. The number of rotatable bonds is 10. The first kappa shape index (κ1) is 25.2. The number of nitrogens with zero attached hydrogens (tertiary/aromatic N) is 2. The lowest BCUT2D eigenvalue weighted by atomic mass is 10.1. The fourth-order valence-corrected chi connectivity index (χ4v) is 4.02. The topological polar surface area (TPSA) is 86.7 Å². The van der Waals surface area contributed by atoms with Crippen LogP contribution < -0.4 is 19.1 Å². The highest BCUT2D eigenvalue weighted by Crippen LogP contribution is 2.33. The van der Waals surface area contributed by atoms with Crippen molar-refractivity contribution in [2.75, 3.05) is 37.6 Å². The van der Waals surface area contributed by atoms with Gasteiger partial charge in [0.1, 0.15) is 11.4 Å². The van der Waals surface area contributed by atoms with E-state index in [-0.39, 0.29) is 29.9 Å². The second-order valence-electron chi connectivity index (χ2n) is 6.93. The predicted octanol–water partition coefficient (Wildman–Crippen LogP) is 4.53. The minimum atomic E-state index is -0.372. The third-order valence-electron chi connectivity index (χ3n) is 4.65. The van der Waals surface area contributed by atoms with Crippen LogP contribution in [-0.2, 0) is 14.3 Å². The summed E-state index contributed by atoms with van der Waals surface area (Å²) in [6, 6.07) is 12.6. The van der Waals surface area contributed by atoms with Crippen molar-refractivity contribution in [3.63, 3.8) is 0 Å². The number of amides is 1. The highest BCUT2D eigenvalue weighted by molar-refractivity contribution is 8.14. The first-order valence-corrected chi connectivity index (χ1v) is 12.0. The summed E-state index contributed by atoms with van der Waals surface area (Å²) < 4.78 is 21.5. The first-order valence-electron chi connectivity index (χ1n) is 11.0. The monoisotopic (exact) mass is 484 g/mol. The van der Waals surface area contributed by atoms with Crippen molar-refractivity contribution in [1.29, 1.82) is 0 Å². The minimum absolute atomic E-state index is 0.0393. The number of carbonyl (C=O) groups excluding carboxylic acids is 2. The molecular formula is C25H28N2O6S. The molecule has 2 aromatic carbocycles. The molecule has 0 spiro atoms. The SMILES string of the molecule is CCOC(=O)CSC1=N/C(=C\c2ccc(OCC)c(OC)c2)C(=O)N1c1ccc(OCC)cc1. The highest BCUT2D eigenvalue weighted by Gasteiger charge is 2.32. The Balaban J connectivity index is 1.93. The maximum Gasteiger partial charge on any atom is 0.316 e. The Morgan fingerprint density at radius 2 is 1.74 bits per heavy atom. The molecule has 8 nitrogen and oxygen atoms in total. The number of esters is 1. The second-order valence-corrected chi connectivity index (χ2v) is 7.87. The van der Waals surface area contributed by atoms with Crippen LogP contribution in [0.1, 0.15) is 26.3 Å². The van der Waals surface area contributed by atoms with Gasteiger partial charge in [-0.1, -0.05) is 17.8 Å². The molecule has 1 amide bonds. The average molecular weight is 485 g/mol. The van der Waals surface area contributed by atoms with Gasteiger partial charge in [-0.25, -0.2) is 4.99 Å². The number of hydrogen-bond acceptors (Lipinski definition) is 8. The van der Waals surface area contributed by atoms with Gasteiger partial charge in [-0.15, -0.1) is 0 Å². The van der Waals surface area contributed by atoms with Gasteiger partial charge < -0.3 is 18.9 Å². The number of methoxy groups -OCH3 is 1. The van der Waals surface area contributed by atoms with Crippen LogP contribution in [0.15, 0.2) is 53.2 Å². The lowest BCUT2D eigenvalue weighted by Crippen LogP contribution is -2.31. The number of hydrogen-bond donors (Lipinski definition) is 0. The number of amidine groups is 1. The highest BCUT2D eigenvalue weighted by atomic mass is 32.2. The summed E-state index contributed by atoms with van der Waals surface area (Å²) in [6.45, 7) is 6.89. The van der Waals surface area contributed by atoms with E-state index in [0.717, 1.165) is 17.3 Å². The van der Waals surface area contributed by atoms with E-state index in [9.17, 15) is 9.59 Å². The normalized spacial score (nSPS) is 14.2. The molecule has 0 bridgehead atoms. The Kier molecular flexibility index (Phi) is 8.98. The molecule has 1 heterocycles. The van der Waals surface area contributed by atoms with E-state index >= 15 is 0 Å². The summed E-state index contributed by atoms with van der Waals surface area (Å²) in [6.07, 6.45) is 1.68. The molecule has 3 rings (SSSR count). The Morgan fingerprint density at radius 3 is 2.38 bits per heavy atom. The van der Waals surface area contributed by atoms with Crippen molar-refractivity contribution in [3.05, 3.63) is 53.7 Å². The fourth-order valence-electron chi connectivity index (χ4n) is 3.21. The third-order valence-corrected chi connectivity index (χ3v) is 5.56. The van der Waals surface area contributed by atoms with Crippen LogP contribution in [0.4, 0.5) is 5.69 Å². The molecule has 0 fully saturated rings. The summed E-state index contributed by atoms with van der Waals surface area (Å²) in [5.41, 5.74) is 1.60. The molecule has 34 heavy (non-hydrogen) atoms. The average Bonchev–Trinajstić information content (AvgIpc) is 3.14. The summed E-state index contributed by atoms with van der Waals surface area (Å²) in [4.78, 5) is 31.3. The van der Waals surface area contributed by atoms with E-state index < -0.39 is 0 Å². The number of aliphatic imine (C=N–C) groups is 1. The van der Waals surface area contributed by atoms with Crippen LogP contribution in [0.2, 0.25) is 0 Å². The van der Waals surface area contributed by atoms with Crippen molar-refractivity contribution in [2.45, 2.75) is 20.8 Å². The molecule has 2 aromatic rings. The lowest BCUT2D eigenvalue weighted by molar-refractivity contribution is -0.139. The Morgan fingerprint density at radius 1 is 1.00 bits per heavy atom. The van der Waals surface area contributed by atoms with Gasteiger partial charge in [0.05, 0.1) is 38.4 Å². The number of carbonyl (C=O) groups is 2. The van der Waals surface area contributed by atoms with Gasteiger partial charge in [0, 0.05) is 0 Å². The number of benzene rings is 2. The van der Waals surface area contributed by atoms with E-state index in [0.29, 0.717) is 41.3 Å². The molecule has 0 unspecified atom stereocenters. The zero-order valence-corrected chi connectivity index (χ0v) is 20.5. The van der Waals surface area contributed by atoms with Crippen molar-refractivity contribution in [1.82, 2.24) is 0 Å². The summed E-state index contributed by atoms with van der Waals surface area (Å²) in [5, 5.41) is 0.395. The number of ether oxygens (including phenoxy) is 4. The standard InChI is InChI=1S/C25H28N2O6S/c1-5-31-19-11-9-18(10-12-19)27-24(29)20(26-25(27)34-16-23(28)33-7-3)14-17-8-13-21(32-6-2)22(15-17)30-4/h8-15H,5-7,16H2,1-4H3/b20-14-. The molecule has 9 heteroatoms. The zero-order valence-electron chi connectivity index (χ0n) is 19.7. The van der Waals surface area contributed by atoms with Gasteiger partial charge in [-0.3, -0.25) is 14.5 Å². The van der Waals surface area contributed by atoms with Gasteiger partial charge >= 0.3 is 5.97 Å². The molecule has 0 saturated heterocycles. The van der Waals surface area contributed by atoms with Gasteiger partial charge in [-0.2, -0.15) is 0 Å². The van der Waals surface area contributed by atoms with Crippen LogP contribution in [0.5, 0.6) is 17.2 Å². The largest absolute Gasteiger partial charge is 0.494 e. The van der Waals surface area contributed by atoms with E-state index in [1.807, 2.05) is 19.9 Å². The number of anilines is 1. The van der Waals surface area contributed by atoms with Crippen molar-refractivity contribution >= 4 is 40.6 Å². The lowest BCUT2D eigenvalue weighted by Gasteiger charge is -2.18. The molecule has 0 aliphatic carbocycles. The molecule has 0 radical (unpaired) electrons. The molecule has 0 atom stereocenters. The van der Waals surface area contributed by atoms with E-state index in [1.165, 1.54) is 4.90 Å². The first-order chi connectivity index (χ1) is 16.5.